The molecule has 0 aliphatic heterocycles. The summed E-state index contributed by atoms with van der Waals surface area (Å²) in [6.07, 6.45) is 10.0. The molecule has 0 amide bonds. The third-order valence-corrected chi connectivity index (χ3v) is 9.13. The van der Waals surface area contributed by atoms with Gasteiger partial charge in [0.2, 0.25) is 0 Å². The number of fused-ring (bicyclic) bond motifs is 3. The Hall–Kier alpha value is -2.15. The average molecular weight is 719 g/mol. The standard InChI is InChI=1S/C21H25.C14H11Cl.C5H5.2ClH.Zr/c1-20(2,3)16-9-7-14-11-15-8-10-17(21(4,5)6)13-19(15)18(14)12-16;1-11-5-7-12(8-6-11)9-13-3-2-4-14(15)10-13;1-2-4-5-3-1;;;/h7-13H,1-6H3;2-8,10H,1H3;1-3H,4H2;2*1H;/q-1;;-1;;;+2/p-2. The summed E-state index contributed by atoms with van der Waals surface area (Å²) in [7, 11) is 0. The van der Waals surface area contributed by atoms with Crippen molar-refractivity contribution in [1.29, 1.82) is 0 Å². The van der Waals surface area contributed by atoms with Crippen molar-refractivity contribution < 1.29 is 49.0 Å². The van der Waals surface area contributed by atoms with Gasteiger partial charge in [-0.05, 0) is 10.8 Å². The minimum atomic E-state index is 0. The fourth-order valence-electron chi connectivity index (χ4n) is 4.80. The zero-order valence-corrected chi connectivity index (χ0v) is 31.5. The zero-order valence-electron chi connectivity index (χ0n) is 26.7. The topological polar surface area (TPSA) is 0 Å². The molecule has 0 fully saturated rings. The Bertz CT molecular complexity index is 1660. The number of hydrogen-bond acceptors (Lipinski definition) is 0. The first kappa shape index (κ1) is 38.0. The normalized spacial score (nSPS) is 12.0. The molecule has 0 saturated heterocycles. The van der Waals surface area contributed by atoms with Gasteiger partial charge in [-0.15, -0.1) is 46.2 Å². The van der Waals surface area contributed by atoms with E-state index in [-0.39, 0.29) is 35.6 Å². The summed E-state index contributed by atoms with van der Waals surface area (Å²) < 4.78 is 1.34. The van der Waals surface area contributed by atoms with Crippen LogP contribution in [0.2, 0.25) is 5.02 Å². The van der Waals surface area contributed by atoms with Gasteiger partial charge in [0.1, 0.15) is 0 Å². The van der Waals surface area contributed by atoms with Crippen LogP contribution in [0.4, 0.5) is 0 Å². The number of aryl methyl sites for hydroxylation is 1. The van der Waals surface area contributed by atoms with Crippen molar-refractivity contribution in [1.82, 2.24) is 0 Å². The maximum Gasteiger partial charge on any atom is -0.109 e. The van der Waals surface area contributed by atoms with Crippen molar-refractivity contribution in [3.63, 3.8) is 0 Å². The van der Waals surface area contributed by atoms with Crippen molar-refractivity contribution in [3.05, 3.63) is 148 Å². The van der Waals surface area contributed by atoms with Gasteiger partial charge in [0, 0.05) is 0 Å². The predicted octanol–water partition coefficient (Wildman–Crippen LogP) is 5.38. The monoisotopic (exact) mass is 716 g/mol. The van der Waals surface area contributed by atoms with E-state index < -0.39 is 0 Å². The molecule has 228 valence electrons. The van der Waals surface area contributed by atoms with Crippen LogP contribution in [0.5, 0.6) is 0 Å². The van der Waals surface area contributed by atoms with Gasteiger partial charge in [0.25, 0.3) is 0 Å². The van der Waals surface area contributed by atoms with E-state index >= 15 is 0 Å². The SMILES string of the molecule is CC(C)(C)c1ccc2[cH-]c3ccc(C(C)(C)C)cc3c2c1.Cc1ccc([C](=[Zr+2])c2cccc(Cl)c2)cc1.[C-]1=CC=CC1.[Cl-].[Cl-]. The van der Waals surface area contributed by atoms with Crippen molar-refractivity contribution in [2.45, 2.75) is 65.7 Å². The zero-order chi connectivity index (χ0) is 30.5. The summed E-state index contributed by atoms with van der Waals surface area (Å²) >= 11 is 7.40. The molecule has 4 heteroatoms. The van der Waals surface area contributed by atoms with Crippen molar-refractivity contribution >= 4 is 36.4 Å². The molecular weight excluding hydrogens is 678 g/mol. The molecule has 0 spiro atoms. The summed E-state index contributed by atoms with van der Waals surface area (Å²) in [6.45, 7) is 15.8. The molecule has 0 saturated carbocycles. The Balaban J connectivity index is 0.000000260. The Morgan fingerprint density at radius 2 is 1.27 bits per heavy atom. The molecule has 1 aliphatic rings. The van der Waals surface area contributed by atoms with Crippen LogP contribution >= 0.6 is 11.6 Å². The fourth-order valence-corrected chi connectivity index (χ4v) is 5.78. The number of allylic oxidation sites excluding steroid dienone is 4. The molecule has 0 atom stereocenters. The van der Waals surface area contributed by atoms with E-state index in [9.17, 15) is 0 Å². The molecule has 44 heavy (non-hydrogen) atoms. The molecule has 0 nitrogen and oxygen atoms in total. The Morgan fingerprint density at radius 1 is 0.727 bits per heavy atom. The summed E-state index contributed by atoms with van der Waals surface area (Å²) in [5, 5.41) is 6.28. The van der Waals surface area contributed by atoms with Crippen molar-refractivity contribution in [2.75, 3.05) is 0 Å². The van der Waals surface area contributed by atoms with Crippen LogP contribution in [-0.4, -0.2) is 3.21 Å². The van der Waals surface area contributed by atoms with Crippen LogP contribution < -0.4 is 24.8 Å². The molecule has 6 rings (SSSR count). The first-order chi connectivity index (χ1) is 19.8. The van der Waals surface area contributed by atoms with E-state index in [2.05, 4.69) is 133 Å². The third-order valence-electron chi connectivity index (χ3n) is 7.48. The van der Waals surface area contributed by atoms with Crippen LogP contribution in [0.1, 0.15) is 75.8 Å². The third kappa shape index (κ3) is 10.2. The quantitative estimate of drug-likeness (QED) is 0.215. The Morgan fingerprint density at radius 3 is 1.68 bits per heavy atom. The molecular formula is C40H41Cl3Zr-2. The number of rotatable bonds is 2. The summed E-state index contributed by atoms with van der Waals surface area (Å²) in [4.78, 5) is 0. The smallest absolute Gasteiger partial charge is 0.109 e. The number of hydrogen-bond donors (Lipinski definition) is 0. The second-order valence-corrected chi connectivity index (χ2v) is 14.7. The number of benzene rings is 4. The minimum absolute atomic E-state index is 0. The van der Waals surface area contributed by atoms with E-state index in [1.54, 1.807) is 0 Å². The van der Waals surface area contributed by atoms with E-state index in [0.29, 0.717) is 0 Å². The Labute approximate surface area is 297 Å². The molecule has 0 N–H and O–H groups in total. The van der Waals surface area contributed by atoms with Gasteiger partial charge in [-0.1, -0.05) is 76.9 Å². The maximum atomic E-state index is 6.00. The van der Waals surface area contributed by atoms with Gasteiger partial charge >= 0.3 is 116 Å². The molecule has 1 aliphatic carbocycles. The maximum absolute atomic E-state index is 6.00. The summed E-state index contributed by atoms with van der Waals surface area (Å²) in [5.74, 6) is 0. The van der Waals surface area contributed by atoms with E-state index in [4.69, 9.17) is 11.6 Å². The molecule has 5 aromatic rings. The number of halogens is 3. The van der Waals surface area contributed by atoms with Crippen LogP contribution in [0.15, 0.2) is 109 Å². The van der Waals surface area contributed by atoms with Gasteiger partial charge in [-0.25, -0.2) is 12.2 Å². The molecule has 0 heterocycles. The average Bonchev–Trinajstić information content (AvgIpc) is 3.64. The predicted molar refractivity (Wildman–Crippen MR) is 182 cm³/mol. The first-order valence-electron chi connectivity index (χ1n) is 14.6. The molecule has 0 radical (unpaired) electrons. The van der Waals surface area contributed by atoms with E-state index in [1.165, 1.54) is 76.8 Å². The molecule has 0 bridgehead atoms. The molecule has 0 aromatic heterocycles. The summed E-state index contributed by atoms with van der Waals surface area (Å²) in [5.41, 5.74) is 6.99. The largest absolute Gasteiger partial charge is 1.00 e. The second kappa shape index (κ2) is 16.4. The Kier molecular flexibility index (Phi) is 14.2. The van der Waals surface area contributed by atoms with Crippen LogP contribution in [0, 0.1) is 13.0 Å². The first-order valence-corrected chi connectivity index (χ1v) is 16.2. The van der Waals surface area contributed by atoms with Gasteiger partial charge in [-0.2, -0.15) is 6.08 Å². The summed E-state index contributed by atoms with van der Waals surface area (Å²) in [6, 6.07) is 32.8. The minimum Gasteiger partial charge on any atom is -1.00 e. The van der Waals surface area contributed by atoms with Gasteiger partial charge in [-0.3, -0.25) is 6.08 Å². The second-order valence-electron chi connectivity index (χ2n) is 13.0. The van der Waals surface area contributed by atoms with E-state index in [0.717, 1.165) is 11.4 Å². The van der Waals surface area contributed by atoms with Gasteiger partial charge in [0.15, 0.2) is 0 Å². The fraction of sp³-hybridized carbons (Fsp3) is 0.250. The van der Waals surface area contributed by atoms with Crippen molar-refractivity contribution in [2.24, 2.45) is 0 Å². The van der Waals surface area contributed by atoms with Crippen LogP contribution in [0.3, 0.4) is 0 Å². The van der Waals surface area contributed by atoms with Gasteiger partial charge < -0.3 is 24.8 Å². The van der Waals surface area contributed by atoms with Crippen LogP contribution in [0.25, 0.3) is 21.5 Å². The van der Waals surface area contributed by atoms with Crippen LogP contribution in [-0.2, 0) is 35.1 Å². The molecule has 5 aromatic carbocycles. The molecule has 0 unspecified atom stereocenters. The van der Waals surface area contributed by atoms with E-state index in [1.807, 2.05) is 30.4 Å². The van der Waals surface area contributed by atoms with Crippen molar-refractivity contribution in [3.8, 4) is 0 Å². The van der Waals surface area contributed by atoms with Gasteiger partial charge in [0.05, 0.1) is 0 Å².